The van der Waals surface area contributed by atoms with Gasteiger partial charge in [0.25, 0.3) is 0 Å². The van der Waals surface area contributed by atoms with Gasteiger partial charge in [-0.05, 0) is 62.9 Å². The van der Waals surface area contributed by atoms with Gasteiger partial charge in [-0.15, -0.1) is 0 Å². The number of pyridine rings is 1. The molecule has 1 saturated carbocycles. The van der Waals surface area contributed by atoms with Crippen molar-refractivity contribution < 1.29 is 14.3 Å². The van der Waals surface area contributed by atoms with Crippen molar-refractivity contribution >= 4 is 23.3 Å². The summed E-state index contributed by atoms with van der Waals surface area (Å²) in [6, 6.07) is 10.8. The van der Waals surface area contributed by atoms with Crippen molar-refractivity contribution in [2.75, 3.05) is 11.9 Å². The van der Waals surface area contributed by atoms with Crippen LogP contribution in [0.25, 0.3) is 0 Å². The zero-order valence-electron chi connectivity index (χ0n) is 15.3. The van der Waals surface area contributed by atoms with Crippen molar-refractivity contribution in [2.24, 2.45) is 0 Å². The second-order valence-corrected chi connectivity index (χ2v) is 6.90. The molecule has 3 rings (SSSR count). The third-order valence-corrected chi connectivity index (χ3v) is 4.64. The van der Waals surface area contributed by atoms with E-state index in [4.69, 9.17) is 21.1 Å². The van der Waals surface area contributed by atoms with E-state index in [1.54, 1.807) is 18.3 Å². The molecule has 0 unspecified atom stereocenters. The summed E-state index contributed by atoms with van der Waals surface area (Å²) in [5.74, 6) is 1.38. The Morgan fingerprint density at radius 2 is 1.89 bits per heavy atom. The molecule has 27 heavy (non-hydrogen) atoms. The van der Waals surface area contributed by atoms with Crippen molar-refractivity contribution in [2.45, 2.75) is 44.8 Å². The number of amides is 2. The fraction of sp³-hybridized carbons (Fsp3) is 0.400. The molecule has 0 saturated heterocycles. The van der Waals surface area contributed by atoms with Crippen LogP contribution in [0.2, 0.25) is 5.02 Å². The molecule has 0 spiro atoms. The number of halogens is 1. The van der Waals surface area contributed by atoms with Gasteiger partial charge in [-0.3, -0.25) is 0 Å². The van der Waals surface area contributed by atoms with Crippen LogP contribution in [0.4, 0.5) is 10.5 Å². The highest BCUT2D eigenvalue weighted by Crippen LogP contribution is 2.24. The van der Waals surface area contributed by atoms with Gasteiger partial charge in [-0.1, -0.05) is 11.6 Å². The smallest absolute Gasteiger partial charge is 0.319 e. The van der Waals surface area contributed by atoms with Crippen LogP contribution in [0, 0.1) is 0 Å². The maximum atomic E-state index is 12.2. The van der Waals surface area contributed by atoms with Crippen LogP contribution in [0.5, 0.6) is 11.6 Å². The van der Waals surface area contributed by atoms with Crippen LogP contribution >= 0.6 is 11.6 Å². The van der Waals surface area contributed by atoms with E-state index >= 15 is 0 Å². The third-order valence-electron chi connectivity index (χ3n) is 4.42. The number of carbonyl (C=O) groups excluding carboxylic acids is 1. The molecule has 0 radical (unpaired) electrons. The number of nitrogens with zero attached hydrogens (tertiary/aromatic N) is 1. The lowest BCUT2D eigenvalue weighted by Gasteiger charge is -2.29. The zero-order chi connectivity index (χ0) is 19.1. The molecule has 2 aromatic rings. The van der Waals surface area contributed by atoms with Gasteiger partial charge < -0.3 is 20.1 Å². The SMILES string of the molecule is CCOc1ccc(NC(=O)NC2CCC(Oc3ccc(Cl)cn3)CC2)cc1. The maximum absolute atomic E-state index is 12.2. The summed E-state index contributed by atoms with van der Waals surface area (Å²) in [7, 11) is 0. The predicted octanol–water partition coefficient (Wildman–Crippen LogP) is 4.65. The van der Waals surface area contributed by atoms with E-state index in [0.29, 0.717) is 17.5 Å². The number of benzene rings is 1. The van der Waals surface area contributed by atoms with Crippen LogP contribution < -0.4 is 20.1 Å². The minimum atomic E-state index is -0.192. The first-order chi connectivity index (χ1) is 13.1. The molecule has 7 heteroatoms. The number of anilines is 1. The zero-order valence-corrected chi connectivity index (χ0v) is 16.0. The fourth-order valence-corrected chi connectivity index (χ4v) is 3.19. The molecule has 1 fully saturated rings. The number of aromatic nitrogens is 1. The topological polar surface area (TPSA) is 72.5 Å². The first-order valence-electron chi connectivity index (χ1n) is 9.21. The quantitative estimate of drug-likeness (QED) is 0.754. The Labute approximate surface area is 164 Å². The summed E-state index contributed by atoms with van der Waals surface area (Å²) in [4.78, 5) is 16.4. The number of ether oxygens (including phenoxy) is 2. The predicted molar refractivity (Wildman–Crippen MR) is 106 cm³/mol. The molecule has 144 valence electrons. The van der Waals surface area contributed by atoms with Gasteiger partial charge in [0.2, 0.25) is 5.88 Å². The Morgan fingerprint density at radius 3 is 2.52 bits per heavy atom. The van der Waals surface area contributed by atoms with E-state index in [2.05, 4.69) is 15.6 Å². The number of hydrogen-bond donors (Lipinski definition) is 2. The molecule has 2 N–H and O–H groups in total. The van der Waals surface area contributed by atoms with E-state index < -0.39 is 0 Å². The molecule has 1 aliphatic rings. The first kappa shape index (κ1) is 19.3. The molecular formula is C20H24ClN3O3. The highest BCUT2D eigenvalue weighted by Gasteiger charge is 2.24. The molecule has 1 aliphatic carbocycles. The van der Waals surface area contributed by atoms with Crippen molar-refractivity contribution in [3.8, 4) is 11.6 Å². The van der Waals surface area contributed by atoms with Crippen LogP contribution in [0.15, 0.2) is 42.6 Å². The van der Waals surface area contributed by atoms with Gasteiger partial charge in [0, 0.05) is 24.0 Å². The number of hydrogen-bond acceptors (Lipinski definition) is 4. The second kappa shape index (κ2) is 9.46. The monoisotopic (exact) mass is 389 g/mol. The Balaban J connectivity index is 1.40. The number of rotatable bonds is 6. The summed E-state index contributed by atoms with van der Waals surface area (Å²) in [6.45, 7) is 2.55. The van der Waals surface area contributed by atoms with Crippen LogP contribution in [0.1, 0.15) is 32.6 Å². The van der Waals surface area contributed by atoms with Crippen molar-refractivity contribution in [1.29, 1.82) is 0 Å². The van der Waals surface area contributed by atoms with Gasteiger partial charge in [0.1, 0.15) is 11.9 Å². The number of urea groups is 1. The van der Waals surface area contributed by atoms with Gasteiger partial charge in [0.15, 0.2) is 0 Å². The largest absolute Gasteiger partial charge is 0.494 e. The van der Waals surface area contributed by atoms with Gasteiger partial charge in [-0.25, -0.2) is 9.78 Å². The normalized spacial score (nSPS) is 19.2. The summed E-state index contributed by atoms with van der Waals surface area (Å²) in [5, 5.41) is 6.48. The molecule has 1 heterocycles. The lowest BCUT2D eigenvalue weighted by Crippen LogP contribution is -2.41. The molecule has 6 nitrogen and oxygen atoms in total. The molecule has 1 aromatic carbocycles. The fourth-order valence-electron chi connectivity index (χ4n) is 3.08. The van der Waals surface area contributed by atoms with E-state index in [-0.39, 0.29) is 18.2 Å². The minimum Gasteiger partial charge on any atom is -0.494 e. The van der Waals surface area contributed by atoms with E-state index in [9.17, 15) is 4.79 Å². The van der Waals surface area contributed by atoms with Crippen molar-refractivity contribution in [1.82, 2.24) is 10.3 Å². The Kier molecular flexibility index (Phi) is 6.76. The minimum absolute atomic E-state index is 0.117. The third kappa shape index (κ3) is 6.03. The average Bonchev–Trinajstić information content (AvgIpc) is 2.67. The highest BCUT2D eigenvalue weighted by atomic mass is 35.5. The average molecular weight is 390 g/mol. The molecule has 0 atom stereocenters. The Hall–Kier alpha value is -2.47. The molecule has 0 bridgehead atoms. The summed E-state index contributed by atoms with van der Waals surface area (Å²) in [5.41, 5.74) is 0.738. The number of nitrogens with one attached hydrogen (secondary N) is 2. The van der Waals surface area contributed by atoms with E-state index in [0.717, 1.165) is 37.1 Å². The molecular weight excluding hydrogens is 366 g/mol. The summed E-state index contributed by atoms with van der Waals surface area (Å²) < 4.78 is 11.3. The molecule has 2 amide bonds. The van der Waals surface area contributed by atoms with Crippen LogP contribution in [-0.4, -0.2) is 29.8 Å². The van der Waals surface area contributed by atoms with Gasteiger partial charge in [-0.2, -0.15) is 0 Å². The maximum Gasteiger partial charge on any atom is 0.319 e. The molecule has 0 aliphatic heterocycles. The first-order valence-corrected chi connectivity index (χ1v) is 9.59. The van der Waals surface area contributed by atoms with Gasteiger partial charge in [0.05, 0.1) is 11.6 Å². The van der Waals surface area contributed by atoms with E-state index in [1.165, 1.54) is 0 Å². The van der Waals surface area contributed by atoms with Crippen LogP contribution in [-0.2, 0) is 0 Å². The van der Waals surface area contributed by atoms with Crippen molar-refractivity contribution in [3.63, 3.8) is 0 Å². The Bertz CT molecular complexity index is 729. The van der Waals surface area contributed by atoms with E-state index in [1.807, 2.05) is 31.2 Å². The second-order valence-electron chi connectivity index (χ2n) is 6.46. The summed E-state index contributed by atoms with van der Waals surface area (Å²) in [6.07, 6.45) is 5.18. The van der Waals surface area contributed by atoms with Crippen LogP contribution in [0.3, 0.4) is 0 Å². The lowest BCUT2D eigenvalue weighted by molar-refractivity contribution is 0.135. The van der Waals surface area contributed by atoms with Crippen molar-refractivity contribution in [3.05, 3.63) is 47.6 Å². The lowest BCUT2D eigenvalue weighted by atomic mass is 9.93. The summed E-state index contributed by atoms with van der Waals surface area (Å²) >= 11 is 5.83. The van der Waals surface area contributed by atoms with Gasteiger partial charge >= 0.3 is 6.03 Å². The highest BCUT2D eigenvalue weighted by molar-refractivity contribution is 6.30. The number of carbonyl (C=O) groups is 1. The molecule has 1 aromatic heterocycles. The standard InChI is InChI=1S/C20H24ClN3O3/c1-2-26-17-8-4-15(5-9-17)23-20(25)24-16-6-10-18(11-7-16)27-19-12-3-14(21)13-22-19/h3-5,8-9,12-13,16,18H,2,6-7,10-11H2,1H3,(H2,23,24,25). The Morgan fingerprint density at radius 1 is 1.15 bits per heavy atom.